The molecule has 0 saturated carbocycles. The van der Waals surface area contributed by atoms with Gasteiger partial charge in [0, 0.05) is 17.8 Å². The van der Waals surface area contributed by atoms with Crippen LogP contribution in [0.1, 0.15) is 66.2 Å². The number of carbonyl (C=O) groups is 2. The van der Waals surface area contributed by atoms with Crippen LogP contribution in [-0.2, 0) is 17.6 Å². The number of fused-ring (bicyclic) bond motifs is 1. The lowest BCUT2D eigenvalue weighted by Crippen LogP contribution is -2.32. The van der Waals surface area contributed by atoms with Crippen molar-refractivity contribution in [3.05, 3.63) is 64.7 Å². The quantitative estimate of drug-likeness (QED) is 0.635. The van der Waals surface area contributed by atoms with Crippen molar-refractivity contribution in [2.45, 2.75) is 52.0 Å². The van der Waals surface area contributed by atoms with Crippen molar-refractivity contribution in [2.24, 2.45) is 0 Å². The van der Waals surface area contributed by atoms with Crippen LogP contribution in [-0.4, -0.2) is 24.9 Å². The molecule has 3 rings (SSSR count). The largest absolute Gasteiger partial charge is 0.376 e. The first-order valence-corrected chi connectivity index (χ1v) is 10.6. The lowest BCUT2D eigenvalue weighted by molar-refractivity contribution is -0.120. The molecule has 154 valence electrons. The first-order valence-electron chi connectivity index (χ1n) is 10.6. The van der Waals surface area contributed by atoms with E-state index in [1.165, 1.54) is 24.0 Å². The Morgan fingerprint density at radius 2 is 1.83 bits per heavy atom. The zero-order valence-corrected chi connectivity index (χ0v) is 17.4. The van der Waals surface area contributed by atoms with Gasteiger partial charge in [0.25, 0.3) is 5.91 Å². The summed E-state index contributed by atoms with van der Waals surface area (Å²) in [4.78, 5) is 24.5. The molecule has 5 heteroatoms. The summed E-state index contributed by atoms with van der Waals surface area (Å²) in [6.07, 6.45) is 5.71. The summed E-state index contributed by atoms with van der Waals surface area (Å²) < 4.78 is 0. The van der Waals surface area contributed by atoms with Crippen molar-refractivity contribution in [3.8, 4) is 0 Å². The highest BCUT2D eigenvalue weighted by Gasteiger charge is 2.14. The van der Waals surface area contributed by atoms with E-state index in [1.54, 1.807) is 12.1 Å². The van der Waals surface area contributed by atoms with Gasteiger partial charge >= 0.3 is 0 Å². The molecule has 0 saturated heterocycles. The summed E-state index contributed by atoms with van der Waals surface area (Å²) in [7, 11) is 0. The Hall–Kier alpha value is -2.82. The summed E-state index contributed by atoms with van der Waals surface area (Å²) in [5.74, 6) is -0.169. The molecule has 0 fully saturated rings. The summed E-state index contributed by atoms with van der Waals surface area (Å²) in [5, 5.41) is 9.03. The van der Waals surface area contributed by atoms with E-state index < -0.39 is 0 Å². The first kappa shape index (κ1) is 20.9. The molecular weight excluding hydrogens is 362 g/mol. The molecule has 0 heterocycles. The highest BCUT2D eigenvalue weighted by atomic mass is 16.2. The van der Waals surface area contributed by atoms with Crippen molar-refractivity contribution in [1.82, 2.24) is 10.6 Å². The Morgan fingerprint density at radius 3 is 2.62 bits per heavy atom. The van der Waals surface area contributed by atoms with Crippen LogP contribution in [0.25, 0.3) is 0 Å². The van der Waals surface area contributed by atoms with E-state index in [9.17, 15) is 9.59 Å². The number of rotatable bonds is 8. The molecule has 1 atom stereocenters. The third kappa shape index (κ3) is 5.83. The Labute approximate surface area is 173 Å². The average molecular weight is 394 g/mol. The van der Waals surface area contributed by atoms with Gasteiger partial charge in [-0.25, -0.2) is 0 Å². The van der Waals surface area contributed by atoms with Crippen molar-refractivity contribution in [2.75, 3.05) is 18.4 Å². The molecule has 0 radical (unpaired) electrons. The molecule has 3 N–H and O–H groups in total. The summed E-state index contributed by atoms with van der Waals surface area (Å²) in [6.45, 7) is 4.85. The van der Waals surface area contributed by atoms with E-state index in [4.69, 9.17) is 0 Å². The molecule has 0 aromatic heterocycles. The van der Waals surface area contributed by atoms with Crippen LogP contribution < -0.4 is 16.0 Å². The third-order valence-corrected chi connectivity index (χ3v) is 5.36. The fourth-order valence-corrected chi connectivity index (χ4v) is 3.69. The van der Waals surface area contributed by atoms with Gasteiger partial charge in [0.2, 0.25) is 5.91 Å². The fraction of sp³-hybridized carbons (Fsp3) is 0.417. The minimum atomic E-state index is -0.0963. The van der Waals surface area contributed by atoms with Crippen LogP contribution in [0.3, 0.4) is 0 Å². The standard InChI is InChI=1S/C24H31N3O2/c1-3-13-25-24(29)21-9-6-10-22(15-21)26-16-23(28)27-17(2)19-12-11-18-7-4-5-8-20(18)14-19/h6,9-12,14-15,17,26H,3-5,7-8,13,16H2,1-2H3,(H,25,29)(H,27,28). The zero-order chi connectivity index (χ0) is 20.6. The van der Waals surface area contributed by atoms with E-state index in [0.29, 0.717) is 12.1 Å². The minimum Gasteiger partial charge on any atom is -0.376 e. The number of carbonyl (C=O) groups excluding carboxylic acids is 2. The van der Waals surface area contributed by atoms with Gasteiger partial charge in [0.05, 0.1) is 12.6 Å². The maximum atomic E-state index is 12.4. The number of aryl methyl sites for hydroxylation is 2. The van der Waals surface area contributed by atoms with Crippen molar-refractivity contribution in [3.63, 3.8) is 0 Å². The lowest BCUT2D eigenvalue weighted by Gasteiger charge is -2.20. The average Bonchev–Trinajstić information content (AvgIpc) is 2.75. The van der Waals surface area contributed by atoms with Gasteiger partial charge in [-0.2, -0.15) is 0 Å². The van der Waals surface area contributed by atoms with E-state index in [-0.39, 0.29) is 24.4 Å². The smallest absolute Gasteiger partial charge is 0.251 e. The predicted octanol–water partition coefficient (Wildman–Crippen LogP) is 3.99. The van der Waals surface area contributed by atoms with Gasteiger partial charge in [-0.05, 0) is 73.9 Å². The molecule has 0 aliphatic heterocycles. The van der Waals surface area contributed by atoms with Gasteiger partial charge in [0.15, 0.2) is 0 Å². The summed E-state index contributed by atoms with van der Waals surface area (Å²) in [6, 6.07) is 13.8. The summed E-state index contributed by atoms with van der Waals surface area (Å²) in [5.41, 5.74) is 5.36. The summed E-state index contributed by atoms with van der Waals surface area (Å²) >= 11 is 0. The van der Waals surface area contributed by atoms with Gasteiger partial charge in [0.1, 0.15) is 0 Å². The third-order valence-electron chi connectivity index (χ3n) is 5.36. The van der Waals surface area contributed by atoms with E-state index in [2.05, 4.69) is 34.1 Å². The molecule has 2 aromatic carbocycles. The van der Waals surface area contributed by atoms with Crippen molar-refractivity contribution >= 4 is 17.5 Å². The van der Waals surface area contributed by atoms with E-state index in [1.807, 2.05) is 26.0 Å². The number of nitrogens with one attached hydrogen (secondary N) is 3. The number of hydrogen-bond acceptors (Lipinski definition) is 3. The maximum absolute atomic E-state index is 12.4. The molecule has 0 spiro atoms. The van der Waals surface area contributed by atoms with Gasteiger partial charge < -0.3 is 16.0 Å². The van der Waals surface area contributed by atoms with Gasteiger partial charge in [-0.15, -0.1) is 0 Å². The molecule has 2 aromatic rings. The Kier molecular flexibility index (Phi) is 7.28. The van der Waals surface area contributed by atoms with Crippen LogP contribution in [0.4, 0.5) is 5.69 Å². The molecule has 0 bridgehead atoms. The number of benzene rings is 2. The number of amides is 2. The molecule has 1 unspecified atom stereocenters. The van der Waals surface area contributed by atoms with Gasteiger partial charge in [-0.1, -0.05) is 31.2 Å². The molecule has 5 nitrogen and oxygen atoms in total. The highest BCUT2D eigenvalue weighted by Crippen LogP contribution is 2.24. The van der Waals surface area contributed by atoms with E-state index in [0.717, 1.165) is 30.5 Å². The Balaban J connectivity index is 1.52. The predicted molar refractivity (Wildman–Crippen MR) is 117 cm³/mol. The van der Waals surface area contributed by atoms with Crippen molar-refractivity contribution in [1.29, 1.82) is 0 Å². The number of anilines is 1. The second-order valence-electron chi connectivity index (χ2n) is 7.71. The zero-order valence-electron chi connectivity index (χ0n) is 17.4. The van der Waals surface area contributed by atoms with Crippen LogP contribution >= 0.6 is 0 Å². The topological polar surface area (TPSA) is 70.2 Å². The monoisotopic (exact) mass is 393 g/mol. The SMILES string of the molecule is CCCNC(=O)c1cccc(NCC(=O)NC(C)c2ccc3c(c2)CCCC3)c1. The lowest BCUT2D eigenvalue weighted by atomic mass is 9.89. The van der Waals surface area contributed by atoms with Crippen LogP contribution in [0.5, 0.6) is 0 Å². The second-order valence-corrected chi connectivity index (χ2v) is 7.71. The Morgan fingerprint density at radius 1 is 1.03 bits per heavy atom. The van der Waals surface area contributed by atoms with E-state index >= 15 is 0 Å². The molecule has 1 aliphatic carbocycles. The maximum Gasteiger partial charge on any atom is 0.251 e. The number of hydrogen-bond donors (Lipinski definition) is 3. The minimum absolute atomic E-state index is 0.0392. The van der Waals surface area contributed by atoms with Crippen LogP contribution in [0.15, 0.2) is 42.5 Å². The molecule has 29 heavy (non-hydrogen) atoms. The Bertz CT molecular complexity index is 863. The highest BCUT2D eigenvalue weighted by molar-refractivity contribution is 5.95. The molecule has 2 amide bonds. The molecule has 1 aliphatic rings. The second kappa shape index (κ2) is 10.1. The van der Waals surface area contributed by atoms with Crippen LogP contribution in [0, 0.1) is 0 Å². The fourth-order valence-electron chi connectivity index (χ4n) is 3.69. The normalized spacial score (nSPS) is 13.9. The first-order chi connectivity index (χ1) is 14.1. The van der Waals surface area contributed by atoms with Crippen molar-refractivity contribution < 1.29 is 9.59 Å². The van der Waals surface area contributed by atoms with Crippen LogP contribution in [0.2, 0.25) is 0 Å². The van der Waals surface area contributed by atoms with Gasteiger partial charge in [-0.3, -0.25) is 9.59 Å². The molecular formula is C24H31N3O2.